The summed E-state index contributed by atoms with van der Waals surface area (Å²) in [6.07, 6.45) is 6.50. The average Bonchev–Trinajstić information content (AvgIpc) is 2.48. The van der Waals surface area contributed by atoms with Gasteiger partial charge in [0.25, 0.3) is 0 Å². The maximum absolute atomic E-state index is 13.0. The van der Waals surface area contributed by atoms with Gasteiger partial charge in [-0.3, -0.25) is 4.79 Å². The number of carbonyl (C=O) groups excluding carboxylic acids is 1. The van der Waals surface area contributed by atoms with E-state index in [1.165, 1.54) is 44.2 Å². The monoisotopic (exact) mass is 301 g/mol. The van der Waals surface area contributed by atoms with Gasteiger partial charge in [-0.25, -0.2) is 4.39 Å². The minimum Gasteiger partial charge on any atom is -0.341 e. The summed E-state index contributed by atoms with van der Waals surface area (Å²) in [4.78, 5) is 14.8. The second kappa shape index (κ2) is 5.36. The summed E-state index contributed by atoms with van der Waals surface area (Å²) in [7, 11) is 1.90. The molecule has 2 nitrogen and oxygen atoms in total. The van der Waals surface area contributed by atoms with Crippen molar-refractivity contribution >= 4 is 5.91 Å². The topological polar surface area (TPSA) is 20.3 Å². The van der Waals surface area contributed by atoms with Crippen LogP contribution in [0.25, 0.3) is 0 Å². The van der Waals surface area contributed by atoms with Gasteiger partial charge in [0.05, 0.1) is 0 Å². The lowest BCUT2D eigenvalue weighted by molar-refractivity contribution is -0.148. The number of hydrogen-bond donors (Lipinski definition) is 0. The molecule has 0 saturated heterocycles. The van der Waals surface area contributed by atoms with Crippen LogP contribution in [0, 0.1) is 35.4 Å². The zero-order valence-electron chi connectivity index (χ0n) is 13.2. The number of rotatable bonds is 3. The molecular formula is C19H24FNO. The molecule has 1 aromatic rings. The lowest BCUT2D eigenvalue weighted by Gasteiger charge is -2.54. The molecule has 5 rings (SSSR count). The van der Waals surface area contributed by atoms with Crippen molar-refractivity contribution in [2.24, 2.45) is 29.6 Å². The molecule has 1 amide bonds. The van der Waals surface area contributed by atoms with Crippen LogP contribution in [-0.4, -0.2) is 17.9 Å². The SMILES string of the molecule is CN(Cc1ccc(F)cc1)C(=O)C1C2CC3CC(C2)CC1C3. The summed E-state index contributed by atoms with van der Waals surface area (Å²) >= 11 is 0. The molecule has 4 bridgehead atoms. The Morgan fingerprint density at radius 2 is 1.59 bits per heavy atom. The van der Waals surface area contributed by atoms with Gasteiger partial charge in [0.15, 0.2) is 0 Å². The number of carbonyl (C=O) groups is 1. The van der Waals surface area contributed by atoms with Crippen molar-refractivity contribution in [2.75, 3.05) is 7.05 Å². The van der Waals surface area contributed by atoms with Crippen molar-refractivity contribution in [1.29, 1.82) is 0 Å². The fraction of sp³-hybridized carbons (Fsp3) is 0.632. The molecule has 4 saturated carbocycles. The zero-order valence-corrected chi connectivity index (χ0v) is 13.2. The van der Waals surface area contributed by atoms with E-state index in [1.807, 2.05) is 11.9 Å². The van der Waals surface area contributed by atoms with Crippen LogP contribution < -0.4 is 0 Å². The van der Waals surface area contributed by atoms with Gasteiger partial charge in [-0.1, -0.05) is 12.1 Å². The van der Waals surface area contributed by atoms with Gasteiger partial charge in [-0.2, -0.15) is 0 Å². The van der Waals surface area contributed by atoms with E-state index in [0.717, 1.165) is 17.4 Å². The summed E-state index contributed by atoms with van der Waals surface area (Å²) in [5.41, 5.74) is 1.00. The maximum Gasteiger partial charge on any atom is 0.226 e. The van der Waals surface area contributed by atoms with Gasteiger partial charge >= 0.3 is 0 Å². The van der Waals surface area contributed by atoms with Crippen LogP contribution in [0.3, 0.4) is 0 Å². The van der Waals surface area contributed by atoms with Gasteiger partial charge in [0, 0.05) is 19.5 Å². The lowest BCUT2D eigenvalue weighted by Crippen LogP contribution is -2.51. The summed E-state index contributed by atoms with van der Waals surface area (Å²) in [6, 6.07) is 6.49. The molecule has 0 heterocycles. The third-order valence-corrected chi connectivity index (χ3v) is 6.22. The van der Waals surface area contributed by atoms with E-state index < -0.39 is 0 Å². The summed E-state index contributed by atoms with van der Waals surface area (Å²) in [6.45, 7) is 0.585. The number of amides is 1. The molecule has 1 aromatic carbocycles. The van der Waals surface area contributed by atoms with Gasteiger partial charge < -0.3 is 4.90 Å². The molecule has 0 aromatic heterocycles. The first-order valence-electron chi connectivity index (χ1n) is 8.59. The minimum absolute atomic E-state index is 0.223. The summed E-state index contributed by atoms with van der Waals surface area (Å²) < 4.78 is 13.0. The number of nitrogens with zero attached hydrogens (tertiary/aromatic N) is 1. The molecule has 118 valence electrons. The Morgan fingerprint density at radius 1 is 1.05 bits per heavy atom. The van der Waals surface area contributed by atoms with Crippen LogP contribution in [-0.2, 0) is 11.3 Å². The minimum atomic E-state index is -0.223. The molecule has 0 spiro atoms. The van der Waals surface area contributed by atoms with E-state index in [2.05, 4.69) is 0 Å². The first-order valence-corrected chi connectivity index (χ1v) is 8.59. The fourth-order valence-electron chi connectivity index (χ4n) is 5.52. The molecule has 0 N–H and O–H groups in total. The Kier molecular flexibility index (Phi) is 3.47. The van der Waals surface area contributed by atoms with Crippen LogP contribution in [0.1, 0.15) is 37.7 Å². The Morgan fingerprint density at radius 3 is 2.14 bits per heavy atom. The van der Waals surface area contributed by atoms with Crippen molar-refractivity contribution in [3.05, 3.63) is 35.6 Å². The zero-order chi connectivity index (χ0) is 15.3. The van der Waals surface area contributed by atoms with E-state index in [1.54, 1.807) is 12.1 Å². The molecule has 0 atom stereocenters. The van der Waals surface area contributed by atoms with Crippen molar-refractivity contribution < 1.29 is 9.18 Å². The molecule has 4 fully saturated rings. The molecule has 4 aliphatic rings. The van der Waals surface area contributed by atoms with Gasteiger partial charge in [0.2, 0.25) is 5.91 Å². The third-order valence-electron chi connectivity index (χ3n) is 6.22. The molecule has 3 heteroatoms. The van der Waals surface area contributed by atoms with Crippen LogP contribution in [0.15, 0.2) is 24.3 Å². The van der Waals surface area contributed by atoms with Crippen molar-refractivity contribution in [1.82, 2.24) is 4.90 Å². The Bertz CT molecular complexity index is 539. The molecule has 4 aliphatic carbocycles. The van der Waals surface area contributed by atoms with Gasteiger partial charge in [0.1, 0.15) is 5.82 Å². The predicted octanol–water partition coefficient (Wildman–Crippen LogP) is 3.86. The fourth-order valence-corrected chi connectivity index (χ4v) is 5.52. The quantitative estimate of drug-likeness (QED) is 0.830. The molecule has 0 aliphatic heterocycles. The van der Waals surface area contributed by atoms with E-state index in [9.17, 15) is 9.18 Å². The first kappa shape index (κ1) is 14.2. The second-order valence-electron chi connectivity index (χ2n) is 7.78. The number of benzene rings is 1. The largest absolute Gasteiger partial charge is 0.341 e. The van der Waals surface area contributed by atoms with E-state index in [4.69, 9.17) is 0 Å². The first-order chi connectivity index (χ1) is 10.6. The molecule has 0 radical (unpaired) electrons. The predicted molar refractivity (Wildman–Crippen MR) is 83.4 cm³/mol. The van der Waals surface area contributed by atoms with E-state index in [-0.39, 0.29) is 11.7 Å². The highest BCUT2D eigenvalue weighted by Crippen LogP contribution is 2.56. The van der Waals surface area contributed by atoms with E-state index in [0.29, 0.717) is 24.3 Å². The highest BCUT2D eigenvalue weighted by atomic mass is 19.1. The second-order valence-corrected chi connectivity index (χ2v) is 7.78. The Labute approximate surface area is 131 Å². The van der Waals surface area contributed by atoms with Crippen molar-refractivity contribution in [2.45, 2.75) is 38.6 Å². The summed E-state index contributed by atoms with van der Waals surface area (Å²) in [5, 5.41) is 0. The Hall–Kier alpha value is -1.38. The highest BCUT2D eigenvalue weighted by Gasteiger charge is 2.51. The smallest absolute Gasteiger partial charge is 0.226 e. The van der Waals surface area contributed by atoms with Crippen molar-refractivity contribution in [3.8, 4) is 0 Å². The van der Waals surface area contributed by atoms with Crippen LogP contribution in [0.5, 0.6) is 0 Å². The highest BCUT2D eigenvalue weighted by molar-refractivity contribution is 5.79. The van der Waals surface area contributed by atoms with Crippen LogP contribution >= 0.6 is 0 Å². The molecule has 0 unspecified atom stereocenters. The molecule has 22 heavy (non-hydrogen) atoms. The summed E-state index contributed by atoms with van der Waals surface area (Å²) in [5.74, 6) is 3.39. The van der Waals surface area contributed by atoms with Crippen LogP contribution in [0.2, 0.25) is 0 Å². The average molecular weight is 301 g/mol. The third kappa shape index (κ3) is 2.45. The van der Waals surface area contributed by atoms with Gasteiger partial charge in [-0.05, 0) is 73.5 Å². The van der Waals surface area contributed by atoms with Crippen molar-refractivity contribution in [3.63, 3.8) is 0 Å². The van der Waals surface area contributed by atoms with Crippen LogP contribution in [0.4, 0.5) is 4.39 Å². The number of hydrogen-bond acceptors (Lipinski definition) is 1. The normalized spacial score (nSPS) is 35.6. The Balaban J connectivity index is 1.46. The maximum atomic E-state index is 13.0. The van der Waals surface area contributed by atoms with E-state index >= 15 is 0 Å². The van der Waals surface area contributed by atoms with Gasteiger partial charge in [-0.15, -0.1) is 0 Å². The lowest BCUT2D eigenvalue weighted by atomic mass is 9.51. The molecular weight excluding hydrogens is 277 g/mol. The number of halogens is 1. The standard InChI is InChI=1S/C19H24FNO/c1-21(11-12-2-4-17(20)5-3-12)19(22)18-15-7-13-6-14(9-15)10-16(18)8-13/h2-5,13-16,18H,6-11H2,1H3.